The van der Waals surface area contributed by atoms with Crippen molar-refractivity contribution in [2.75, 3.05) is 7.11 Å². The van der Waals surface area contributed by atoms with Crippen molar-refractivity contribution in [1.29, 1.82) is 0 Å². The first-order valence-electron chi connectivity index (χ1n) is 6.41. The number of methoxy groups -OCH3 is 1. The summed E-state index contributed by atoms with van der Waals surface area (Å²) in [4.78, 5) is 11.7. The van der Waals surface area contributed by atoms with Gasteiger partial charge in [0, 0.05) is 11.8 Å². The third kappa shape index (κ3) is 1.58. The van der Waals surface area contributed by atoms with Crippen LogP contribution >= 0.6 is 0 Å². The van der Waals surface area contributed by atoms with Crippen LogP contribution in [0.15, 0.2) is 24.3 Å². The molecule has 90 valence electrons. The first-order valence-corrected chi connectivity index (χ1v) is 6.41. The zero-order valence-corrected chi connectivity index (χ0v) is 10.2. The molecular formula is C15H18O2. The minimum atomic E-state index is 0.0972. The standard InChI is InChI=1S/C15H18O2/c1-17-13-5-3-11(4-6-13)9-12-10-14(16)15(12)7-2-8-15/h3-6,12H,2,7-10H2,1H3. The van der Waals surface area contributed by atoms with Crippen LogP contribution in [0.5, 0.6) is 5.75 Å². The average molecular weight is 230 g/mol. The van der Waals surface area contributed by atoms with Crippen molar-refractivity contribution in [2.24, 2.45) is 11.3 Å². The average Bonchev–Trinajstić information content (AvgIpc) is 2.27. The molecule has 2 aliphatic carbocycles. The Morgan fingerprint density at radius 2 is 2.00 bits per heavy atom. The Hall–Kier alpha value is -1.31. The summed E-state index contributed by atoms with van der Waals surface area (Å²) >= 11 is 0. The van der Waals surface area contributed by atoms with Crippen LogP contribution in [0, 0.1) is 11.3 Å². The maximum Gasteiger partial charge on any atom is 0.139 e. The number of benzene rings is 1. The highest BCUT2D eigenvalue weighted by Crippen LogP contribution is 2.58. The summed E-state index contributed by atoms with van der Waals surface area (Å²) < 4.78 is 5.15. The van der Waals surface area contributed by atoms with Crippen molar-refractivity contribution in [3.8, 4) is 5.75 Å². The number of ketones is 1. The summed E-state index contributed by atoms with van der Waals surface area (Å²) in [6.07, 6.45) is 5.35. The van der Waals surface area contributed by atoms with E-state index in [0.29, 0.717) is 11.7 Å². The second kappa shape index (κ2) is 3.86. The van der Waals surface area contributed by atoms with Gasteiger partial charge in [-0.1, -0.05) is 18.6 Å². The number of carbonyl (C=O) groups is 1. The molecular weight excluding hydrogens is 212 g/mol. The van der Waals surface area contributed by atoms with Gasteiger partial charge in [0.25, 0.3) is 0 Å². The summed E-state index contributed by atoms with van der Waals surface area (Å²) in [5.41, 5.74) is 1.43. The molecule has 0 aromatic heterocycles. The second-order valence-corrected chi connectivity index (χ2v) is 5.39. The molecule has 1 atom stereocenters. The van der Waals surface area contributed by atoms with Crippen molar-refractivity contribution in [3.63, 3.8) is 0 Å². The molecule has 0 heterocycles. The number of hydrogen-bond donors (Lipinski definition) is 0. The molecule has 1 aromatic rings. The molecule has 2 saturated carbocycles. The van der Waals surface area contributed by atoms with Gasteiger partial charge in [0.15, 0.2) is 0 Å². The van der Waals surface area contributed by atoms with Crippen molar-refractivity contribution >= 4 is 5.78 Å². The molecule has 1 aromatic carbocycles. The smallest absolute Gasteiger partial charge is 0.139 e. The lowest BCUT2D eigenvalue weighted by atomic mass is 9.48. The Kier molecular flexibility index (Phi) is 2.46. The molecule has 2 aliphatic rings. The van der Waals surface area contributed by atoms with Gasteiger partial charge in [0.05, 0.1) is 7.11 Å². The predicted octanol–water partition coefficient (Wildman–Crippen LogP) is 3.00. The molecule has 2 heteroatoms. The van der Waals surface area contributed by atoms with Crippen molar-refractivity contribution in [3.05, 3.63) is 29.8 Å². The molecule has 0 aliphatic heterocycles. The van der Waals surface area contributed by atoms with E-state index in [0.717, 1.165) is 31.4 Å². The van der Waals surface area contributed by atoms with Gasteiger partial charge in [-0.25, -0.2) is 0 Å². The summed E-state index contributed by atoms with van der Waals surface area (Å²) in [5, 5.41) is 0. The van der Waals surface area contributed by atoms with Gasteiger partial charge in [0.2, 0.25) is 0 Å². The maximum absolute atomic E-state index is 11.7. The Morgan fingerprint density at radius 1 is 1.29 bits per heavy atom. The van der Waals surface area contributed by atoms with Crippen molar-refractivity contribution in [1.82, 2.24) is 0 Å². The van der Waals surface area contributed by atoms with Gasteiger partial charge in [-0.3, -0.25) is 4.79 Å². The Labute approximate surface area is 102 Å². The van der Waals surface area contributed by atoms with Gasteiger partial charge in [-0.05, 0) is 42.9 Å². The van der Waals surface area contributed by atoms with Crippen LogP contribution in [0.25, 0.3) is 0 Å². The first kappa shape index (κ1) is 10.8. The quantitative estimate of drug-likeness (QED) is 0.798. The number of hydrogen-bond acceptors (Lipinski definition) is 2. The lowest BCUT2D eigenvalue weighted by molar-refractivity contribution is -0.155. The van der Waals surface area contributed by atoms with Crippen LogP contribution in [0.3, 0.4) is 0 Å². The van der Waals surface area contributed by atoms with E-state index in [1.165, 1.54) is 12.0 Å². The predicted molar refractivity (Wildman–Crippen MR) is 66.1 cm³/mol. The summed E-state index contributed by atoms with van der Waals surface area (Å²) in [6, 6.07) is 8.24. The van der Waals surface area contributed by atoms with E-state index in [-0.39, 0.29) is 5.41 Å². The minimum Gasteiger partial charge on any atom is -0.497 e. The molecule has 2 nitrogen and oxygen atoms in total. The fourth-order valence-corrected chi connectivity index (χ4v) is 3.28. The molecule has 0 saturated heterocycles. The van der Waals surface area contributed by atoms with E-state index in [1.54, 1.807) is 7.11 Å². The highest BCUT2D eigenvalue weighted by atomic mass is 16.5. The summed E-state index contributed by atoms with van der Waals surface area (Å²) in [6.45, 7) is 0. The fraction of sp³-hybridized carbons (Fsp3) is 0.533. The second-order valence-electron chi connectivity index (χ2n) is 5.39. The van der Waals surface area contributed by atoms with Crippen LogP contribution in [0.2, 0.25) is 0 Å². The molecule has 0 N–H and O–H groups in total. The third-order valence-electron chi connectivity index (χ3n) is 4.66. The van der Waals surface area contributed by atoms with E-state index in [4.69, 9.17) is 4.74 Å². The van der Waals surface area contributed by atoms with Gasteiger partial charge in [0.1, 0.15) is 11.5 Å². The molecule has 3 rings (SSSR count). The van der Waals surface area contributed by atoms with Crippen molar-refractivity contribution < 1.29 is 9.53 Å². The fourth-order valence-electron chi connectivity index (χ4n) is 3.28. The van der Waals surface area contributed by atoms with E-state index < -0.39 is 0 Å². The molecule has 2 fully saturated rings. The van der Waals surface area contributed by atoms with Gasteiger partial charge in [-0.15, -0.1) is 0 Å². The highest BCUT2D eigenvalue weighted by Gasteiger charge is 2.57. The minimum absolute atomic E-state index is 0.0972. The zero-order chi connectivity index (χ0) is 11.9. The Bertz CT molecular complexity index is 429. The van der Waals surface area contributed by atoms with E-state index in [9.17, 15) is 4.79 Å². The zero-order valence-electron chi connectivity index (χ0n) is 10.2. The van der Waals surface area contributed by atoms with Crippen LogP contribution in [-0.2, 0) is 11.2 Å². The third-order valence-corrected chi connectivity index (χ3v) is 4.66. The summed E-state index contributed by atoms with van der Waals surface area (Å²) in [5.74, 6) is 2.01. The van der Waals surface area contributed by atoms with Crippen LogP contribution < -0.4 is 4.74 Å². The molecule has 17 heavy (non-hydrogen) atoms. The number of Topliss-reactive ketones (excluding diaryl/α,β-unsaturated/α-hetero) is 1. The highest BCUT2D eigenvalue weighted by molar-refractivity contribution is 5.92. The number of rotatable bonds is 3. The maximum atomic E-state index is 11.7. The molecule has 1 spiro atoms. The first-order chi connectivity index (χ1) is 8.24. The van der Waals surface area contributed by atoms with Gasteiger partial charge in [-0.2, -0.15) is 0 Å². The SMILES string of the molecule is COc1ccc(CC2CC(=O)C23CCC3)cc1. The molecule has 1 unspecified atom stereocenters. The molecule has 0 amide bonds. The largest absolute Gasteiger partial charge is 0.497 e. The van der Waals surface area contributed by atoms with E-state index >= 15 is 0 Å². The normalized spacial score (nSPS) is 25.2. The van der Waals surface area contributed by atoms with Crippen LogP contribution in [0.1, 0.15) is 31.2 Å². The van der Waals surface area contributed by atoms with Crippen LogP contribution in [-0.4, -0.2) is 12.9 Å². The Morgan fingerprint density at radius 3 is 2.47 bits per heavy atom. The number of ether oxygens (including phenoxy) is 1. The van der Waals surface area contributed by atoms with E-state index in [1.807, 2.05) is 12.1 Å². The van der Waals surface area contributed by atoms with Gasteiger partial charge >= 0.3 is 0 Å². The molecule has 0 bridgehead atoms. The summed E-state index contributed by atoms with van der Waals surface area (Å²) in [7, 11) is 1.68. The Balaban J connectivity index is 1.69. The lowest BCUT2D eigenvalue weighted by Gasteiger charge is -2.54. The number of carbonyl (C=O) groups excluding carboxylic acids is 1. The van der Waals surface area contributed by atoms with Crippen LogP contribution in [0.4, 0.5) is 0 Å². The molecule has 0 radical (unpaired) electrons. The topological polar surface area (TPSA) is 26.3 Å². The van der Waals surface area contributed by atoms with Gasteiger partial charge < -0.3 is 4.74 Å². The monoisotopic (exact) mass is 230 g/mol. The van der Waals surface area contributed by atoms with Crippen molar-refractivity contribution in [2.45, 2.75) is 32.1 Å². The lowest BCUT2D eigenvalue weighted by Crippen LogP contribution is -2.55. The van der Waals surface area contributed by atoms with E-state index in [2.05, 4.69) is 12.1 Å².